The fourth-order valence-corrected chi connectivity index (χ4v) is 2.98. The minimum Gasteiger partial charge on any atom is -0.381 e. The molecule has 0 saturated carbocycles. The second-order valence-electron chi connectivity index (χ2n) is 5.57. The predicted octanol–water partition coefficient (Wildman–Crippen LogP) is 3.81. The molecule has 0 atom stereocenters. The van der Waals surface area contributed by atoms with Gasteiger partial charge in [-0.1, -0.05) is 41.9 Å². The van der Waals surface area contributed by atoms with Crippen LogP contribution in [0.2, 0.25) is 5.02 Å². The average Bonchev–Trinajstić information content (AvgIpc) is 2.50. The number of benzene rings is 1. The van der Waals surface area contributed by atoms with Crippen LogP contribution in [0.4, 0.5) is 5.69 Å². The Hall–Kier alpha value is -1.58. The molecule has 1 fully saturated rings. The van der Waals surface area contributed by atoms with Crippen molar-refractivity contribution in [2.24, 2.45) is 0 Å². The first-order valence-corrected chi connectivity index (χ1v) is 7.81. The normalized spacial score (nSPS) is 16.8. The Balaban J connectivity index is 1.49. The summed E-state index contributed by atoms with van der Waals surface area (Å²) >= 11 is 5.97. The van der Waals surface area contributed by atoms with E-state index in [1.807, 2.05) is 12.3 Å². The maximum atomic E-state index is 5.97. The molecular formula is C17H20ClN3. The SMILES string of the molecule is Clc1cncc(NC2CCN(Cc3ccccc3)CC2)c1. The van der Waals surface area contributed by atoms with Crippen LogP contribution < -0.4 is 5.32 Å². The van der Waals surface area contributed by atoms with Crippen LogP contribution in [0.15, 0.2) is 48.8 Å². The number of aromatic nitrogens is 1. The van der Waals surface area contributed by atoms with Crippen molar-refractivity contribution in [2.45, 2.75) is 25.4 Å². The number of rotatable bonds is 4. The van der Waals surface area contributed by atoms with E-state index in [1.54, 1.807) is 6.20 Å². The number of halogens is 1. The van der Waals surface area contributed by atoms with Gasteiger partial charge in [-0.05, 0) is 24.5 Å². The highest BCUT2D eigenvalue weighted by atomic mass is 35.5. The number of hydrogen-bond acceptors (Lipinski definition) is 3. The van der Waals surface area contributed by atoms with E-state index in [2.05, 4.69) is 45.5 Å². The summed E-state index contributed by atoms with van der Waals surface area (Å²) in [4.78, 5) is 6.63. The van der Waals surface area contributed by atoms with E-state index in [0.717, 1.165) is 38.2 Å². The Kier molecular flexibility index (Phi) is 4.73. The topological polar surface area (TPSA) is 28.2 Å². The third kappa shape index (κ3) is 4.19. The molecular weight excluding hydrogens is 282 g/mol. The summed E-state index contributed by atoms with van der Waals surface area (Å²) in [5, 5.41) is 4.21. The molecule has 1 aromatic heterocycles. The van der Waals surface area contributed by atoms with E-state index in [4.69, 9.17) is 11.6 Å². The minimum atomic E-state index is 0.511. The summed E-state index contributed by atoms with van der Waals surface area (Å²) in [6, 6.07) is 13.1. The van der Waals surface area contributed by atoms with Crippen molar-refractivity contribution < 1.29 is 0 Å². The van der Waals surface area contributed by atoms with Crippen molar-refractivity contribution in [3.05, 3.63) is 59.4 Å². The van der Waals surface area contributed by atoms with Crippen molar-refractivity contribution in [1.29, 1.82) is 0 Å². The molecule has 0 spiro atoms. The lowest BCUT2D eigenvalue weighted by molar-refractivity contribution is 0.211. The van der Waals surface area contributed by atoms with Crippen LogP contribution in [0.3, 0.4) is 0 Å². The standard InChI is InChI=1S/C17H20ClN3/c18-15-10-17(12-19-11-15)20-16-6-8-21(9-7-16)13-14-4-2-1-3-5-14/h1-5,10-12,16,20H,6-9,13H2. The van der Waals surface area contributed by atoms with Crippen LogP contribution in [0.25, 0.3) is 0 Å². The summed E-state index contributed by atoms with van der Waals surface area (Å²) in [6.07, 6.45) is 5.80. The number of likely N-dealkylation sites (tertiary alicyclic amines) is 1. The van der Waals surface area contributed by atoms with Crippen molar-refractivity contribution >= 4 is 17.3 Å². The molecule has 4 heteroatoms. The fourth-order valence-electron chi connectivity index (χ4n) is 2.80. The van der Waals surface area contributed by atoms with E-state index >= 15 is 0 Å². The van der Waals surface area contributed by atoms with Gasteiger partial charge in [-0.15, -0.1) is 0 Å². The van der Waals surface area contributed by atoms with Crippen LogP contribution in [-0.2, 0) is 6.54 Å². The smallest absolute Gasteiger partial charge is 0.0609 e. The molecule has 0 unspecified atom stereocenters. The number of hydrogen-bond donors (Lipinski definition) is 1. The van der Waals surface area contributed by atoms with E-state index < -0.39 is 0 Å². The average molecular weight is 302 g/mol. The lowest BCUT2D eigenvalue weighted by Gasteiger charge is -2.32. The van der Waals surface area contributed by atoms with Gasteiger partial charge in [-0.25, -0.2) is 0 Å². The third-order valence-corrected chi connectivity index (χ3v) is 4.12. The Bertz CT molecular complexity index is 565. The molecule has 2 aromatic rings. The Morgan fingerprint density at radius 2 is 1.90 bits per heavy atom. The lowest BCUT2D eigenvalue weighted by atomic mass is 10.0. The molecule has 1 aromatic carbocycles. The number of nitrogens with zero attached hydrogens (tertiary/aromatic N) is 2. The molecule has 21 heavy (non-hydrogen) atoms. The minimum absolute atomic E-state index is 0.511. The first kappa shape index (κ1) is 14.4. The van der Waals surface area contributed by atoms with Crippen molar-refractivity contribution in [1.82, 2.24) is 9.88 Å². The summed E-state index contributed by atoms with van der Waals surface area (Å²) < 4.78 is 0. The van der Waals surface area contributed by atoms with Crippen LogP contribution in [0, 0.1) is 0 Å². The van der Waals surface area contributed by atoms with Crippen molar-refractivity contribution in [3.63, 3.8) is 0 Å². The summed E-state index contributed by atoms with van der Waals surface area (Å²) in [5.41, 5.74) is 2.41. The van der Waals surface area contributed by atoms with Gasteiger partial charge in [0.2, 0.25) is 0 Å². The van der Waals surface area contributed by atoms with Gasteiger partial charge in [0.1, 0.15) is 0 Å². The van der Waals surface area contributed by atoms with Crippen molar-refractivity contribution in [2.75, 3.05) is 18.4 Å². The van der Waals surface area contributed by atoms with Gasteiger partial charge >= 0.3 is 0 Å². The molecule has 1 aliphatic rings. The van der Waals surface area contributed by atoms with Gasteiger partial charge in [-0.3, -0.25) is 9.88 Å². The number of nitrogens with one attached hydrogen (secondary N) is 1. The predicted molar refractivity (Wildman–Crippen MR) is 87.6 cm³/mol. The Labute approximate surface area is 131 Å². The van der Waals surface area contributed by atoms with Gasteiger partial charge in [-0.2, -0.15) is 0 Å². The largest absolute Gasteiger partial charge is 0.381 e. The van der Waals surface area contributed by atoms with Gasteiger partial charge in [0, 0.05) is 31.9 Å². The first-order chi connectivity index (χ1) is 10.3. The van der Waals surface area contributed by atoms with Gasteiger partial charge in [0.25, 0.3) is 0 Å². The maximum Gasteiger partial charge on any atom is 0.0609 e. The molecule has 3 nitrogen and oxygen atoms in total. The van der Waals surface area contributed by atoms with Crippen LogP contribution in [-0.4, -0.2) is 29.0 Å². The number of piperidine rings is 1. The summed E-state index contributed by atoms with van der Waals surface area (Å²) in [6.45, 7) is 3.30. The highest BCUT2D eigenvalue weighted by Gasteiger charge is 2.19. The molecule has 110 valence electrons. The number of pyridine rings is 1. The van der Waals surface area contributed by atoms with E-state index in [9.17, 15) is 0 Å². The molecule has 1 saturated heterocycles. The van der Waals surface area contributed by atoms with Gasteiger partial charge in [0.05, 0.1) is 16.9 Å². The zero-order chi connectivity index (χ0) is 14.5. The van der Waals surface area contributed by atoms with Crippen LogP contribution in [0.1, 0.15) is 18.4 Å². The maximum absolute atomic E-state index is 5.97. The molecule has 0 bridgehead atoms. The fraction of sp³-hybridized carbons (Fsp3) is 0.353. The van der Waals surface area contributed by atoms with Crippen LogP contribution >= 0.6 is 11.6 Å². The molecule has 1 aliphatic heterocycles. The molecule has 1 N–H and O–H groups in total. The van der Waals surface area contributed by atoms with Gasteiger partial charge in [0.15, 0.2) is 0 Å². The summed E-state index contributed by atoms with van der Waals surface area (Å²) in [7, 11) is 0. The first-order valence-electron chi connectivity index (χ1n) is 7.43. The molecule has 2 heterocycles. The quantitative estimate of drug-likeness (QED) is 0.931. The Morgan fingerprint density at radius 1 is 1.14 bits per heavy atom. The monoisotopic (exact) mass is 301 g/mol. The van der Waals surface area contributed by atoms with Crippen molar-refractivity contribution in [3.8, 4) is 0 Å². The molecule has 3 rings (SSSR count). The highest BCUT2D eigenvalue weighted by molar-refractivity contribution is 6.30. The van der Waals surface area contributed by atoms with E-state index in [-0.39, 0.29) is 0 Å². The second-order valence-corrected chi connectivity index (χ2v) is 6.01. The molecule has 0 radical (unpaired) electrons. The molecule has 0 aliphatic carbocycles. The zero-order valence-electron chi connectivity index (χ0n) is 12.0. The second kappa shape index (κ2) is 6.92. The van der Waals surface area contributed by atoms with E-state index in [0.29, 0.717) is 11.1 Å². The van der Waals surface area contributed by atoms with Crippen LogP contribution in [0.5, 0.6) is 0 Å². The Morgan fingerprint density at radius 3 is 2.62 bits per heavy atom. The van der Waals surface area contributed by atoms with Gasteiger partial charge < -0.3 is 5.32 Å². The number of anilines is 1. The summed E-state index contributed by atoms with van der Waals surface area (Å²) in [5.74, 6) is 0. The lowest BCUT2D eigenvalue weighted by Crippen LogP contribution is -2.38. The molecule has 0 amide bonds. The zero-order valence-corrected chi connectivity index (χ0v) is 12.8. The highest BCUT2D eigenvalue weighted by Crippen LogP contribution is 2.19. The third-order valence-electron chi connectivity index (χ3n) is 3.91. The van der Waals surface area contributed by atoms with E-state index in [1.165, 1.54) is 5.56 Å².